The van der Waals surface area contributed by atoms with E-state index in [1.807, 2.05) is 61.5 Å². The van der Waals surface area contributed by atoms with Crippen molar-refractivity contribution >= 4 is 11.4 Å². The molecule has 0 saturated heterocycles. The molecule has 0 aliphatic rings. The van der Waals surface area contributed by atoms with E-state index in [0.29, 0.717) is 30.6 Å². The molecular weight excluding hydrogens is 380 g/mol. The van der Waals surface area contributed by atoms with Gasteiger partial charge in [-0.1, -0.05) is 64.9 Å². The number of nitrogens with zero attached hydrogens (tertiary/aromatic N) is 4. The molecule has 0 bridgehead atoms. The third kappa shape index (κ3) is 5.88. The zero-order chi connectivity index (χ0) is 21.2. The van der Waals surface area contributed by atoms with Crippen LogP contribution in [0.4, 0.5) is 0 Å². The highest BCUT2D eigenvalue weighted by Crippen LogP contribution is 2.15. The van der Waals surface area contributed by atoms with Crippen molar-refractivity contribution in [3.05, 3.63) is 89.4 Å². The molecule has 2 aromatic carbocycles. The molecule has 0 aliphatic heterocycles. The minimum atomic E-state index is 0.337. The average molecular weight is 404 g/mol. The Morgan fingerprint density at radius 2 is 1.63 bits per heavy atom. The Bertz CT molecular complexity index is 1020. The van der Waals surface area contributed by atoms with Gasteiger partial charge in [0.05, 0.1) is 5.71 Å². The molecule has 30 heavy (non-hydrogen) atoms. The molecule has 0 N–H and O–H groups in total. The Hall–Kier alpha value is -3.74. The minimum Gasteiger partial charge on any atom is -0.473 e. The van der Waals surface area contributed by atoms with Gasteiger partial charge in [0.2, 0.25) is 5.88 Å². The summed E-state index contributed by atoms with van der Waals surface area (Å²) >= 11 is 0. The highest BCUT2D eigenvalue weighted by atomic mass is 16.6. The van der Waals surface area contributed by atoms with Gasteiger partial charge in [-0.15, -0.1) is 0 Å². The lowest BCUT2D eigenvalue weighted by molar-refractivity contribution is 0.130. The van der Waals surface area contributed by atoms with Crippen LogP contribution in [0.5, 0.6) is 5.88 Å². The summed E-state index contributed by atoms with van der Waals surface area (Å²) in [5, 5.41) is 8.12. The zero-order valence-corrected chi connectivity index (χ0v) is 17.3. The predicted molar refractivity (Wildman–Crippen MR) is 115 cm³/mol. The second kappa shape index (κ2) is 10.7. The molecule has 0 aliphatic carbocycles. The lowest BCUT2D eigenvalue weighted by atomic mass is 10.0. The van der Waals surface area contributed by atoms with Gasteiger partial charge in [-0.3, -0.25) is 0 Å². The fourth-order valence-electron chi connectivity index (χ4n) is 2.75. The number of hydrogen-bond donors (Lipinski definition) is 0. The van der Waals surface area contributed by atoms with Crippen LogP contribution in [-0.2, 0) is 22.9 Å². The molecule has 3 aromatic rings. The summed E-state index contributed by atoms with van der Waals surface area (Å²) in [5.41, 5.74) is 4.32. The van der Waals surface area contributed by atoms with Gasteiger partial charge in [-0.25, -0.2) is 4.98 Å². The van der Waals surface area contributed by atoms with Crippen molar-refractivity contribution in [2.75, 3.05) is 7.11 Å². The lowest BCUT2D eigenvalue weighted by Crippen LogP contribution is -2.08. The number of oxime groups is 2. The monoisotopic (exact) mass is 404 g/mol. The van der Waals surface area contributed by atoms with Crippen LogP contribution in [0.2, 0.25) is 0 Å². The van der Waals surface area contributed by atoms with E-state index in [9.17, 15) is 0 Å². The molecule has 0 unspecified atom stereocenters. The number of aromatic nitrogens is 2. The maximum atomic E-state index is 5.88. The van der Waals surface area contributed by atoms with Crippen molar-refractivity contribution in [1.82, 2.24) is 9.97 Å². The van der Waals surface area contributed by atoms with Gasteiger partial charge in [-0.2, -0.15) is 4.98 Å². The van der Waals surface area contributed by atoms with Gasteiger partial charge >= 0.3 is 0 Å². The highest BCUT2D eigenvalue weighted by molar-refractivity contribution is 5.99. The summed E-state index contributed by atoms with van der Waals surface area (Å²) in [6.07, 6.45) is 1.64. The van der Waals surface area contributed by atoms with Crippen LogP contribution in [-0.4, -0.2) is 28.5 Å². The first-order chi connectivity index (χ1) is 14.7. The van der Waals surface area contributed by atoms with Crippen molar-refractivity contribution in [1.29, 1.82) is 0 Å². The van der Waals surface area contributed by atoms with Crippen LogP contribution >= 0.6 is 0 Å². The first-order valence-corrected chi connectivity index (χ1v) is 9.50. The van der Waals surface area contributed by atoms with E-state index < -0.39 is 0 Å². The van der Waals surface area contributed by atoms with E-state index in [1.54, 1.807) is 19.2 Å². The van der Waals surface area contributed by atoms with Gasteiger partial charge in [0, 0.05) is 17.8 Å². The van der Waals surface area contributed by atoms with Crippen molar-refractivity contribution in [2.24, 2.45) is 10.3 Å². The summed E-state index contributed by atoms with van der Waals surface area (Å²) in [6, 6.07) is 19.4. The smallest absolute Gasteiger partial charge is 0.217 e. The Morgan fingerprint density at radius 3 is 2.43 bits per heavy atom. The van der Waals surface area contributed by atoms with E-state index in [4.69, 9.17) is 14.4 Å². The normalized spacial score (nSPS) is 11.8. The zero-order valence-electron chi connectivity index (χ0n) is 17.3. The fourth-order valence-corrected chi connectivity index (χ4v) is 2.75. The Labute approximate surface area is 176 Å². The van der Waals surface area contributed by atoms with Gasteiger partial charge in [0.15, 0.2) is 5.82 Å². The first-order valence-electron chi connectivity index (χ1n) is 9.50. The van der Waals surface area contributed by atoms with Gasteiger partial charge in [0.1, 0.15) is 26.0 Å². The number of rotatable bonds is 9. The van der Waals surface area contributed by atoms with Gasteiger partial charge < -0.3 is 14.4 Å². The van der Waals surface area contributed by atoms with Crippen molar-refractivity contribution in [2.45, 2.75) is 27.1 Å². The SMILES string of the molecule is CON=C(C)c1ccccc1COc1ccnc(C(C)=NOCc2ccccc2)n1. The molecule has 154 valence electrons. The maximum absolute atomic E-state index is 5.88. The number of ether oxygens (including phenoxy) is 1. The lowest BCUT2D eigenvalue weighted by Gasteiger charge is -2.10. The van der Waals surface area contributed by atoms with E-state index >= 15 is 0 Å². The van der Waals surface area contributed by atoms with Crippen LogP contribution < -0.4 is 4.74 Å². The second-order valence-corrected chi connectivity index (χ2v) is 6.46. The highest BCUT2D eigenvalue weighted by Gasteiger charge is 2.09. The molecular formula is C23H24N4O3. The third-order valence-corrected chi connectivity index (χ3v) is 4.24. The van der Waals surface area contributed by atoms with Crippen LogP contribution in [0, 0.1) is 0 Å². The van der Waals surface area contributed by atoms with Crippen LogP contribution in [0.15, 0.2) is 77.2 Å². The quantitative estimate of drug-likeness (QED) is 0.391. The summed E-state index contributed by atoms with van der Waals surface area (Å²) in [5.74, 6) is 0.903. The summed E-state index contributed by atoms with van der Waals surface area (Å²) in [7, 11) is 1.53. The molecule has 7 nitrogen and oxygen atoms in total. The Morgan fingerprint density at radius 1 is 0.867 bits per heavy atom. The Kier molecular flexibility index (Phi) is 7.49. The second-order valence-electron chi connectivity index (χ2n) is 6.46. The fraction of sp³-hybridized carbons (Fsp3) is 0.217. The van der Waals surface area contributed by atoms with Crippen molar-refractivity contribution < 1.29 is 14.4 Å². The van der Waals surface area contributed by atoms with E-state index in [-0.39, 0.29) is 0 Å². The molecule has 0 saturated carbocycles. The molecule has 7 heteroatoms. The van der Waals surface area contributed by atoms with E-state index in [2.05, 4.69) is 20.3 Å². The van der Waals surface area contributed by atoms with E-state index in [0.717, 1.165) is 22.4 Å². The van der Waals surface area contributed by atoms with Crippen LogP contribution in [0.25, 0.3) is 0 Å². The first kappa shape index (κ1) is 21.0. The summed E-state index contributed by atoms with van der Waals surface area (Å²) in [6.45, 7) is 4.40. The topological polar surface area (TPSA) is 78.2 Å². The predicted octanol–water partition coefficient (Wildman–Crippen LogP) is 4.37. The summed E-state index contributed by atoms with van der Waals surface area (Å²) < 4.78 is 5.88. The van der Waals surface area contributed by atoms with Gasteiger partial charge in [-0.05, 0) is 25.0 Å². The molecule has 0 radical (unpaired) electrons. The van der Waals surface area contributed by atoms with Crippen molar-refractivity contribution in [3.8, 4) is 5.88 Å². The maximum Gasteiger partial charge on any atom is 0.217 e. The standard InChI is InChI=1S/C23H24N4O3/c1-17(26-28-3)21-12-8-7-11-20(21)16-29-22-13-14-24-23(25-22)18(2)27-30-15-19-9-5-4-6-10-19/h4-14H,15-16H2,1-3H3. The molecule has 0 spiro atoms. The largest absolute Gasteiger partial charge is 0.473 e. The molecule has 3 rings (SSSR count). The molecule has 0 fully saturated rings. The Balaban J connectivity index is 1.65. The third-order valence-electron chi connectivity index (χ3n) is 4.24. The molecule has 1 aromatic heterocycles. The van der Waals surface area contributed by atoms with Gasteiger partial charge in [0.25, 0.3) is 0 Å². The molecule has 0 amide bonds. The molecule has 1 heterocycles. The minimum absolute atomic E-state index is 0.337. The number of hydrogen-bond acceptors (Lipinski definition) is 7. The van der Waals surface area contributed by atoms with Crippen LogP contribution in [0.1, 0.15) is 36.4 Å². The average Bonchev–Trinajstić information content (AvgIpc) is 2.79. The molecule has 0 atom stereocenters. The summed E-state index contributed by atoms with van der Waals surface area (Å²) in [4.78, 5) is 19.0. The number of benzene rings is 2. The van der Waals surface area contributed by atoms with E-state index in [1.165, 1.54) is 7.11 Å². The van der Waals surface area contributed by atoms with Crippen molar-refractivity contribution in [3.63, 3.8) is 0 Å². The van der Waals surface area contributed by atoms with Crippen LogP contribution in [0.3, 0.4) is 0 Å².